The monoisotopic (exact) mass is 384 g/mol. The Morgan fingerprint density at radius 2 is 2.18 bits per heavy atom. The van der Waals surface area contributed by atoms with E-state index < -0.39 is 0 Å². The fraction of sp³-hybridized carbons (Fsp3) is 0.467. The predicted octanol–water partition coefficient (Wildman–Crippen LogP) is 3.10. The Balaban J connectivity index is 2.19. The van der Waals surface area contributed by atoms with E-state index in [9.17, 15) is 4.79 Å². The highest BCUT2D eigenvalue weighted by Gasteiger charge is 2.19. The van der Waals surface area contributed by atoms with Crippen molar-refractivity contribution in [2.45, 2.75) is 19.9 Å². The average Bonchev–Trinajstić information content (AvgIpc) is 3.05. The Kier molecular flexibility index (Phi) is 6.16. The molecule has 2 aromatic heterocycles. The Labute approximate surface area is 143 Å². The van der Waals surface area contributed by atoms with E-state index in [0.29, 0.717) is 4.47 Å². The Hall–Kier alpha value is -1.18. The van der Waals surface area contributed by atoms with Gasteiger partial charge < -0.3 is 5.32 Å². The third kappa shape index (κ3) is 3.77. The molecule has 0 radical (unpaired) electrons. The molecule has 2 rings (SSSR count). The van der Waals surface area contributed by atoms with Crippen LogP contribution in [0.15, 0.2) is 32.3 Å². The molecule has 0 spiro atoms. The second-order valence-electron chi connectivity index (χ2n) is 4.98. The summed E-state index contributed by atoms with van der Waals surface area (Å²) in [7, 11) is 1.64. The van der Waals surface area contributed by atoms with Crippen molar-refractivity contribution in [2.24, 2.45) is 7.05 Å². The minimum atomic E-state index is -0.139. The number of nitrogens with zero attached hydrogens (tertiary/aromatic N) is 3. The number of aryl methyl sites for hydroxylation is 1. The van der Waals surface area contributed by atoms with Crippen LogP contribution in [-0.4, -0.2) is 34.3 Å². The van der Waals surface area contributed by atoms with Crippen LogP contribution in [0, 0.1) is 0 Å². The van der Waals surface area contributed by atoms with Crippen LogP contribution in [0.1, 0.15) is 25.5 Å². The second-order valence-corrected chi connectivity index (χ2v) is 6.55. The van der Waals surface area contributed by atoms with E-state index in [-0.39, 0.29) is 11.6 Å². The second kappa shape index (κ2) is 7.89. The van der Waals surface area contributed by atoms with Crippen LogP contribution in [0.4, 0.5) is 5.69 Å². The van der Waals surface area contributed by atoms with E-state index in [4.69, 9.17) is 0 Å². The van der Waals surface area contributed by atoms with E-state index >= 15 is 0 Å². The van der Waals surface area contributed by atoms with Crippen molar-refractivity contribution in [3.63, 3.8) is 0 Å². The molecule has 0 bridgehead atoms. The lowest BCUT2D eigenvalue weighted by Crippen LogP contribution is -2.33. The van der Waals surface area contributed by atoms with E-state index in [0.717, 1.165) is 25.3 Å². The molecular formula is C15H21BrN4OS. The van der Waals surface area contributed by atoms with Crippen molar-refractivity contribution >= 4 is 33.0 Å². The highest BCUT2D eigenvalue weighted by atomic mass is 79.9. The minimum absolute atomic E-state index is 0.139. The molecular weight excluding hydrogens is 364 g/mol. The molecule has 1 atom stereocenters. The summed E-state index contributed by atoms with van der Waals surface area (Å²) >= 11 is 5.06. The first-order chi connectivity index (χ1) is 10.6. The molecule has 1 unspecified atom stereocenters. The van der Waals surface area contributed by atoms with Crippen LogP contribution < -0.4 is 10.9 Å². The number of rotatable bonds is 7. The summed E-state index contributed by atoms with van der Waals surface area (Å²) in [6.45, 7) is 7.02. The van der Waals surface area contributed by atoms with Gasteiger partial charge in [-0.05, 0) is 51.4 Å². The quantitative estimate of drug-likeness (QED) is 0.796. The third-order valence-electron chi connectivity index (χ3n) is 3.75. The van der Waals surface area contributed by atoms with Crippen LogP contribution in [-0.2, 0) is 7.05 Å². The Morgan fingerprint density at radius 3 is 2.77 bits per heavy atom. The first-order valence-corrected chi connectivity index (χ1v) is 9.03. The molecule has 0 fully saturated rings. The summed E-state index contributed by atoms with van der Waals surface area (Å²) in [5.74, 6) is 0. The number of thiophene rings is 1. The van der Waals surface area contributed by atoms with Gasteiger partial charge in [-0.25, -0.2) is 4.68 Å². The average molecular weight is 385 g/mol. The molecule has 2 aromatic rings. The predicted molar refractivity (Wildman–Crippen MR) is 95.6 cm³/mol. The van der Waals surface area contributed by atoms with Crippen LogP contribution in [0.5, 0.6) is 0 Å². The number of anilines is 1. The van der Waals surface area contributed by atoms with Gasteiger partial charge in [-0.2, -0.15) is 16.4 Å². The molecule has 2 heterocycles. The molecule has 1 N–H and O–H groups in total. The van der Waals surface area contributed by atoms with E-state index in [1.807, 2.05) is 0 Å². The maximum atomic E-state index is 11.9. The number of hydrogen-bond donors (Lipinski definition) is 1. The fourth-order valence-corrected chi connectivity index (χ4v) is 3.63. The van der Waals surface area contributed by atoms with Gasteiger partial charge in [-0.1, -0.05) is 13.8 Å². The van der Waals surface area contributed by atoms with Gasteiger partial charge in [0.05, 0.1) is 17.9 Å². The lowest BCUT2D eigenvalue weighted by atomic mass is 10.1. The SMILES string of the molecule is CCN(CC)C(CNc1cnn(C)c(=O)c1Br)c1ccsc1. The standard InChI is InChI=1S/C15H21BrN4OS/c1-4-20(5-2)13(11-6-7-22-10-11)9-17-12-8-18-19(3)15(21)14(12)16/h6-8,10,13,17H,4-5,9H2,1-3H3. The van der Waals surface area contributed by atoms with Crippen LogP contribution in [0.2, 0.25) is 0 Å². The summed E-state index contributed by atoms with van der Waals surface area (Å²) in [6.07, 6.45) is 1.68. The molecule has 0 aliphatic rings. The van der Waals surface area contributed by atoms with Gasteiger partial charge in [0.1, 0.15) is 4.47 Å². The normalized spacial score (nSPS) is 12.6. The smallest absolute Gasteiger partial charge is 0.282 e. The topological polar surface area (TPSA) is 50.2 Å². The van der Waals surface area contributed by atoms with E-state index in [1.54, 1.807) is 24.6 Å². The first-order valence-electron chi connectivity index (χ1n) is 7.30. The molecule has 22 heavy (non-hydrogen) atoms. The van der Waals surface area contributed by atoms with Crippen LogP contribution >= 0.6 is 27.3 Å². The van der Waals surface area contributed by atoms with E-state index in [1.165, 1.54) is 10.2 Å². The summed E-state index contributed by atoms with van der Waals surface area (Å²) in [5.41, 5.74) is 1.89. The first kappa shape index (κ1) is 17.2. The largest absolute Gasteiger partial charge is 0.381 e. The number of halogens is 1. The number of nitrogens with one attached hydrogen (secondary N) is 1. The maximum Gasteiger partial charge on any atom is 0.282 e. The van der Waals surface area contributed by atoms with Gasteiger partial charge in [0.25, 0.3) is 5.56 Å². The summed E-state index contributed by atoms with van der Waals surface area (Å²) < 4.78 is 1.84. The third-order valence-corrected chi connectivity index (χ3v) is 5.21. The minimum Gasteiger partial charge on any atom is -0.381 e. The molecule has 0 aliphatic carbocycles. The van der Waals surface area contributed by atoms with Crippen molar-refractivity contribution in [2.75, 3.05) is 25.0 Å². The highest BCUT2D eigenvalue weighted by molar-refractivity contribution is 9.10. The zero-order chi connectivity index (χ0) is 16.1. The fourth-order valence-electron chi connectivity index (χ4n) is 2.43. The van der Waals surface area contributed by atoms with E-state index in [2.05, 4.69) is 61.9 Å². The number of aromatic nitrogens is 2. The number of hydrogen-bond acceptors (Lipinski definition) is 5. The molecule has 0 aromatic carbocycles. The van der Waals surface area contributed by atoms with Crippen molar-refractivity contribution in [3.05, 3.63) is 43.4 Å². The highest BCUT2D eigenvalue weighted by Crippen LogP contribution is 2.24. The van der Waals surface area contributed by atoms with Crippen molar-refractivity contribution in [1.82, 2.24) is 14.7 Å². The summed E-state index contributed by atoms with van der Waals surface area (Å²) in [6, 6.07) is 2.43. The summed E-state index contributed by atoms with van der Waals surface area (Å²) in [4.78, 5) is 14.3. The Bertz CT molecular complexity index is 652. The zero-order valence-corrected chi connectivity index (χ0v) is 15.4. The Morgan fingerprint density at radius 1 is 1.45 bits per heavy atom. The molecule has 120 valence electrons. The summed E-state index contributed by atoms with van der Waals surface area (Å²) in [5, 5.41) is 11.7. The molecule has 5 nitrogen and oxygen atoms in total. The maximum absolute atomic E-state index is 11.9. The lowest BCUT2D eigenvalue weighted by molar-refractivity contribution is 0.228. The van der Waals surface area contributed by atoms with Gasteiger partial charge >= 0.3 is 0 Å². The molecule has 0 amide bonds. The van der Waals surface area contributed by atoms with Gasteiger partial charge in [-0.3, -0.25) is 9.69 Å². The van der Waals surface area contributed by atoms with Gasteiger partial charge in [0, 0.05) is 13.6 Å². The van der Waals surface area contributed by atoms with Crippen molar-refractivity contribution < 1.29 is 0 Å². The number of likely N-dealkylation sites (N-methyl/N-ethyl adjacent to an activating group) is 1. The zero-order valence-electron chi connectivity index (χ0n) is 13.0. The van der Waals surface area contributed by atoms with Gasteiger partial charge in [0.15, 0.2) is 0 Å². The molecule has 7 heteroatoms. The molecule has 0 saturated carbocycles. The van der Waals surface area contributed by atoms with Gasteiger partial charge in [-0.15, -0.1) is 0 Å². The van der Waals surface area contributed by atoms with Gasteiger partial charge in [0.2, 0.25) is 0 Å². The van der Waals surface area contributed by atoms with Crippen molar-refractivity contribution in [3.8, 4) is 0 Å². The molecule has 0 saturated heterocycles. The van der Waals surface area contributed by atoms with Crippen LogP contribution in [0.3, 0.4) is 0 Å². The lowest BCUT2D eigenvalue weighted by Gasteiger charge is -2.29. The molecule has 0 aliphatic heterocycles. The van der Waals surface area contributed by atoms with Crippen LogP contribution in [0.25, 0.3) is 0 Å². The van der Waals surface area contributed by atoms with Crippen molar-refractivity contribution in [1.29, 1.82) is 0 Å².